The number of amides is 1. The molecule has 0 atom stereocenters. The van der Waals surface area contributed by atoms with Crippen LogP contribution >= 0.6 is 0 Å². The van der Waals surface area contributed by atoms with E-state index in [4.69, 9.17) is 9.40 Å². The lowest BCUT2D eigenvalue weighted by Gasteiger charge is -2.17. The fraction of sp³-hybridized carbons (Fsp3) is 0.185. The summed E-state index contributed by atoms with van der Waals surface area (Å²) in [7, 11) is 0. The number of fused-ring (bicyclic) bond motifs is 2. The maximum absolute atomic E-state index is 16.0. The van der Waals surface area contributed by atoms with E-state index in [1.807, 2.05) is 20.8 Å². The number of carbonyl (C=O) groups is 1. The van der Waals surface area contributed by atoms with Gasteiger partial charge in [0.1, 0.15) is 22.6 Å². The van der Waals surface area contributed by atoms with E-state index in [2.05, 4.69) is 35.5 Å². The van der Waals surface area contributed by atoms with Gasteiger partial charge in [-0.2, -0.15) is 5.10 Å². The number of nitrogens with zero attached hydrogens (tertiary/aromatic N) is 5. The smallest absolute Gasteiger partial charge is 0.224 e. The number of hydrogen-bond donors (Lipinski definition) is 3. The number of anilines is 1. The predicted molar refractivity (Wildman–Crippen MR) is 140 cm³/mol. The second-order valence-electron chi connectivity index (χ2n) is 10.2. The average Bonchev–Trinajstić information content (AvgIpc) is 3.62. The first-order chi connectivity index (χ1) is 18.3. The van der Waals surface area contributed by atoms with Crippen LogP contribution in [0.25, 0.3) is 56.0 Å². The van der Waals surface area contributed by atoms with Crippen molar-refractivity contribution < 1.29 is 13.6 Å². The van der Waals surface area contributed by atoms with Crippen LogP contribution in [0.3, 0.4) is 0 Å². The molecule has 38 heavy (non-hydrogen) atoms. The third-order valence-corrected chi connectivity index (χ3v) is 5.95. The minimum absolute atomic E-state index is 0.0800. The molecule has 3 N–H and O–H groups in total. The minimum Gasteiger partial charge on any atom is -0.472 e. The second kappa shape index (κ2) is 8.87. The Balaban J connectivity index is 1.40. The molecule has 0 aliphatic rings. The average molecular weight is 511 g/mol. The number of nitrogens with one attached hydrogen (secondary N) is 3. The molecule has 0 unspecified atom stereocenters. The van der Waals surface area contributed by atoms with Crippen molar-refractivity contribution in [3.8, 4) is 34.0 Å². The molecule has 6 aromatic heterocycles. The Kier molecular flexibility index (Phi) is 5.48. The van der Waals surface area contributed by atoms with Crippen molar-refractivity contribution in [1.82, 2.24) is 35.1 Å². The summed E-state index contributed by atoms with van der Waals surface area (Å²) in [6.07, 6.45) is 9.68. The Bertz CT molecular complexity index is 1800. The van der Waals surface area contributed by atoms with Gasteiger partial charge in [0, 0.05) is 29.9 Å². The summed E-state index contributed by atoms with van der Waals surface area (Å²) in [5, 5.41) is 10.2. The molecule has 0 spiro atoms. The highest BCUT2D eigenvalue weighted by Gasteiger charge is 2.22. The second-order valence-corrected chi connectivity index (χ2v) is 10.2. The van der Waals surface area contributed by atoms with Crippen molar-refractivity contribution in [1.29, 1.82) is 0 Å². The van der Waals surface area contributed by atoms with E-state index in [0.717, 1.165) is 11.1 Å². The SMILES string of the molecule is CC(C)(C)CC(=O)Nc1cncc(-c2ncc3[nH]nc(-c4nc5c(-c6ccoc6)nccc5[nH]4)c3c2F)c1. The van der Waals surface area contributed by atoms with Crippen LogP contribution < -0.4 is 5.32 Å². The topological polar surface area (TPSA) is 138 Å². The first kappa shape index (κ1) is 23.5. The number of furan rings is 1. The first-order valence-electron chi connectivity index (χ1n) is 11.9. The van der Waals surface area contributed by atoms with Crippen molar-refractivity contribution >= 4 is 33.5 Å². The molecular formula is C27H23FN8O2. The Hall–Kier alpha value is -4.93. The number of aromatic nitrogens is 7. The summed E-state index contributed by atoms with van der Waals surface area (Å²) in [4.78, 5) is 33.2. The fourth-order valence-electron chi connectivity index (χ4n) is 4.33. The van der Waals surface area contributed by atoms with Gasteiger partial charge in [-0.3, -0.25) is 24.8 Å². The van der Waals surface area contributed by atoms with Gasteiger partial charge in [-0.25, -0.2) is 9.37 Å². The molecular weight excluding hydrogens is 487 g/mol. The molecule has 1 amide bonds. The van der Waals surface area contributed by atoms with Gasteiger partial charge < -0.3 is 14.7 Å². The number of carbonyl (C=O) groups excluding carboxylic acids is 1. The molecule has 11 heteroatoms. The van der Waals surface area contributed by atoms with Gasteiger partial charge >= 0.3 is 0 Å². The Morgan fingerprint density at radius 1 is 1.05 bits per heavy atom. The molecule has 0 fully saturated rings. The molecule has 0 saturated carbocycles. The van der Waals surface area contributed by atoms with Crippen LogP contribution in [0.4, 0.5) is 10.1 Å². The lowest BCUT2D eigenvalue weighted by atomic mass is 9.92. The number of hydrogen-bond acceptors (Lipinski definition) is 7. The molecule has 10 nitrogen and oxygen atoms in total. The molecule has 0 aliphatic carbocycles. The van der Waals surface area contributed by atoms with Crippen molar-refractivity contribution in [2.75, 3.05) is 5.32 Å². The lowest BCUT2D eigenvalue weighted by Crippen LogP contribution is -2.19. The maximum Gasteiger partial charge on any atom is 0.224 e. The van der Waals surface area contributed by atoms with Crippen molar-refractivity contribution in [3.63, 3.8) is 0 Å². The van der Waals surface area contributed by atoms with Gasteiger partial charge in [-0.05, 0) is 23.6 Å². The van der Waals surface area contributed by atoms with Gasteiger partial charge in [0.2, 0.25) is 5.91 Å². The standard InChI is InChI=1S/C27H23FN8O2/c1-27(2,3)9-19(37)32-16-8-15(10-29-11-16)22-21(28)20-18(12-31-22)35-36-25(20)26-33-17-4-6-30-23(24(17)34-26)14-5-7-38-13-14/h4-8,10-13H,9H2,1-3H3,(H,32,37)(H,33,34)(H,35,36). The van der Waals surface area contributed by atoms with Crippen LogP contribution in [0, 0.1) is 11.2 Å². The number of halogens is 1. The third kappa shape index (κ3) is 4.27. The molecule has 6 aromatic rings. The van der Waals surface area contributed by atoms with Crippen molar-refractivity contribution in [3.05, 3.63) is 61.3 Å². The fourth-order valence-corrected chi connectivity index (χ4v) is 4.33. The highest BCUT2D eigenvalue weighted by atomic mass is 19.1. The van der Waals surface area contributed by atoms with Crippen molar-refractivity contribution in [2.45, 2.75) is 27.2 Å². The molecule has 0 aromatic carbocycles. The minimum atomic E-state index is -0.583. The Labute approximate surface area is 215 Å². The third-order valence-electron chi connectivity index (χ3n) is 5.95. The molecule has 6 heterocycles. The van der Waals surface area contributed by atoms with Gasteiger partial charge in [-0.15, -0.1) is 0 Å². The van der Waals surface area contributed by atoms with E-state index in [-0.39, 0.29) is 22.4 Å². The highest BCUT2D eigenvalue weighted by Crippen LogP contribution is 2.34. The molecule has 0 saturated heterocycles. The summed E-state index contributed by atoms with van der Waals surface area (Å²) < 4.78 is 21.2. The molecule has 0 radical (unpaired) electrons. The van der Waals surface area contributed by atoms with Crippen LogP contribution in [0.15, 0.2) is 59.9 Å². The summed E-state index contributed by atoms with van der Waals surface area (Å²) in [6.45, 7) is 5.94. The first-order valence-corrected chi connectivity index (χ1v) is 11.9. The number of aromatic amines is 2. The summed E-state index contributed by atoms with van der Waals surface area (Å²) in [5.74, 6) is -0.354. The summed E-state index contributed by atoms with van der Waals surface area (Å²) >= 11 is 0. The van der Waals surface area contributed by atoms with E-state index in [1.54, 1.807) is 36.9 Å². The number of pyridine rings is 3. The van der Waals surface area contributed by atoms with E-state index >= 15 is 4.39 Å². The molecule has 0 bridgehead atoms. The lowest BCUT2D eigenvalue weighted by molar-refractivity contribution is -0.117. The van der Waals surface area contributed by atoms with E-state index in [1.165, 1.54) is 18.6 Å². The van der Waals surface area contributed by atoms with Crippen LogP contribution in [0.5, 0.6) is 0 Å². The van der Waals surface area contributed by atoms with Crippen LogP contribution in [0.2, 0.25) is 0 Å². The van der Waals surface area contributed by atoms with Gasteiger partial charge in [-0.1, -0.05) is 20.8 Å². The normalized spacial score (nSPS) is 11.9. The largest absolute Gasteiger partial charge is 0.472 e. The molecule has 0 aliphatic heterocycles. The molecule has 190 valence electrons. The van der Waals surface area contributed by atoms with Crippen LogP contribution in [-0.2, 0) is 4.79 Å². The van der Waals surface area contributed by atoms with Gasteiger partial charge in [0.05, 0.1) is 47.0 Å². The van der Waals surface area contributed by atoms with Gasteiger partial charge in [0.25, 0.3) is 0 Å². The molecule has 6 rings (SSSR count). The Morgan fingerprint density at radius 2 is 1.92 bits per heavy atom. The van der Waals surface area contributed by atoms with Crippen LogP contribution in [-0.4, -0.2) is 41.0 Å². The monoisotopic (exact) mass is 510 g/mol. The highest BCUT2D eigenvalue weighted by molar-refractivity contribution is 5.97. The summed E-state index contributed by atoms with van der Waals surface area (Å²) in [5.41, 5.74) is 4.25. The zero-order valence-corrected chi connectivity index (χ0v) is 20.8. The van der Waals surface area contributed by atoms with Crippen molar-refractivity contribution in [2.24, 2.45) is 5.41 Å². The zero-order valence-electron chi connectivity index (χ0n) is 20.8. The number of H-pyrrole nitrogens is 2. The number of rotatable bonds is 5. The Morgan fingerprint density at radius 3 is 2.71 bits per heavy atom. The van der Waals surface area contributed by atoms with Crippen LogP contribution in [0.1, 0.15) is 27.2 Å². The zero-order chi connectivity index (χ0) is 26.4. The van der Waals surface area contributed by atoms with Gasteiger partial charge in [0.15, 0.2) is 11.6 Å². The summed E-state index contributed by atoms with van der Waals surface area (Å²) in [6, 6.07) is 5.23. The predicted octanol–water partition coefficient (Wildman–Crippen LogP) is 5.73. The number of imidazole rings is 1. The maximum atomic E-state index is 16.0. The van der Waals surface area contributed by atoms with E-state index in [0.29, 0.717) is 45.9 Å². The van der Waals surface area contributed by atoms with E-state index in [9.17, 15) is 4.79 Å². The quantitative estimate of drug-likeness (QED) is 0.269. The van der Waals surface area contributed by atoms with E-state index < -0.39 is 5.82 Å².